The van der Waals surface area contributed by atoms with E-state index in [0.717, 1.165) is 48.2 Å². The number of nitrogen functional groups attached to an aromatic ring is 1. The molecule has 4 heterocycles. The summed E-state index contributed by atoms with van der Waals surface area (Å²) >= 11 is 1.25. The summed E-state index contributed by atoms with van der Waals surface area (Å²) in [4.78, 5) is 13.9. The number of halogens is 2. The van der Waals surface area contributed by atoms with Crippen molar-refractivity contribution in [2.24, 2.45) is 11.1 Å². The van der Waals surface area contributed by atoms with Gasteiger partial charge in [-0.2, -0.15) is 8.78 Å². The van der Waals surface area contributed by atoms with E-state index in [1.54, 1.807) is 24.4 Å². The van der Waals surface area contributed by atoms with E-state index >= 15 is 0 Å². The summed E-state index contributed by atoms with van der Waals surface area (Å²) in [6.45, 7) is 2.97. The number of benzene rings is 1. The molecule has 8 nitrogen and oxygen atoms in total. The molecule has 172 valence electrons. The van der Waals surface area contributed by atoms with Crippen LogP contribution in [-0.2, 0) is 4.74 Å². The second-order valence-corrected chi connectivity index (χ2v) is 9.77. The molecular weight excluding hydrogens is 436 g/mol. The fraction of sp³-hybridized carbons (Fsp3) is 0.524. The minimum Gasteiger partial charge on any atom is -0.381 e. The van der Waals surface area contributed by atoms with E-state index in [1.165, 1.54) is 25.9 Å². The highest BCUT2D eigenvalue weighted by Crippen LogP contribution is 2.50. The van der Waals surface area contributed by atoms with Crippen molar-refractivity contribution in [2.75, 3.05) is 60.8 Å². The third-order valence-corrected chi connectivity index (χ3v) is 8.05. The lowest BCUT2D eigenvalue weighted by atomic mass is 9.75. The summed E-state index contributed by atoms with van der Waals surface area (Å²) in [5, 5.41) is 0.494. The zero-order valence-electron chi connectivity index (χ0n) is 18.1. The van der Waals surface area contributed by atoms with Crippen molar-refractivity contribution >= 4 is 34.8 Å². The number of para-hydroxylation sites is 1. The Morgan fingerprint density at radius 2 is 1.94 bits per heavy atom. The van der Waals surface area contributed by atoms with Crippen molar-refractivity contribution < 1.29 is 13.5 Å². The number of nitrogens with two attached hydrogens (primary N) is 2. The number of piperidine rings is 1. The molecule has 1 aromatic heterocycles. The first kappa shape index (κ1) is 21.5. The highest BCUT2D eigenvalue weighted by Gasteiger charge is 2.49. The molecule has 3 aliphatic rings. The van der Waals surface area contributed by atoms with Crippen LogP contribution in [-0.4, -0.2) is 62.6 Å². The normalized spacial score (nSPS) is 23.8. The van der Waals surface area contributed by atoms with Gasteiger partial charge in [0.05, 0.1) is 30.8 Å². The molecule has 5 rings (SSSR count). The van der Waals surface area contributed by atoms with Crippen molar-refractivity contribution in [3.05, 3.63) is 24.4 Å². The Balaban J connectivity index is 1.34. The predicted molar refractivity (Wildman–Crippen MR) is 121 cm³/mol. The first-order valence-corrected chi connectivity index (χ1v) is 11.4. The molecule has 0 aliphatic carbocycles. The summed E-state index contributed by atoms with van der Waals surface area (Å²) < 4.78 is 34.6. The molecular formula is C21H27F2N7OS. The summed E-state index contributed by atoms with van der Waals surface area (Å²) in [5.41, 5.74) is 13.5. The van der Waals surface area contributed by atoms with Gasteiger partial charge in [0.1, 0.15) is 10.8 Å². The molecule has 1 unspecified atom stereocenters. The van der Waals surface area contributed by atoms with E-state index in [4.69, 9.17) is 16.2 Å². The van der Waals surface area contributed by atoms with Crippen molar-refractivity contribution in [3.8, 4) is 0 Å². The van der Waals surface area contributed by atoms with Gasteiger partial charge in [-0.05, 0) is 25.0 Å². The summed E-state index contributed by atoms with van der Waals surface area (Å²) in [5.74, 6) is 1.00. The van der Waals surface area contributed by atoms with Gasteiger partial charge in [0.25, 0.3) is 0 Å². The SMILES string of the molecule is CN1c2cccc(Sc3ncc(N4CCC5(CC4)COCC5N)nc3N)c2N(C)C1(F)F. The molecule has 0 saturated carbocycles. The van der Waals surface area contributed by atoms with Crippen LogP contribution in [0, 0.1) is 5.41 Å². The first-order chi connectivity index (χ1) is 15.2. The Bertz CT molecular complexity index is 1030. The number of aromatic nitrogens is 2. The second-order valence-electron chi connectivity index (χ2n) is 8.74. The van der Waals surface area contributed by atoms with Crippen LogP contribution >= 0.6 is 11.8 Å². The molecule has 4 N–H and O–H groups in total. The quantitative estimate of drug-likeness (QED) is 0.666. The molecule has 2 fully saturated rings. The summed E-state index contributed by atoms with van der Waals surface area (Å²) in [7, 11) is 2.77. The smallest absolute Gasteiger partial charge is 0.381 e. The van der Waals surface area contributed by atoms with E-state index in [9.17, 15) is 8.78 Å². The zero-order chi connectivity index (χ0) is 22.7. The van der Waals surface area contributed by atoms with Gasteiger partial charge >= 0.3 is 6.17 Å². The number of hydrogen-bond acceptors (Lipinski definition) is 9. The van der Waals surface area contributed by atoms with Gasteiger partial charge in [0.15, 0.2) is 5.82 Å². The Morgan fingerprint density at radius 1 is 1.19 bits per heavy atom. The predicted octanol–water partition coefficient (Wildman–Crippen LogP) is 2.59. The number of hydrogen-bond donors (Lipinski definition) is 2. The Labute approximate surface area is 189 Å². The van der Waals surface area contributed by atoms with Gasteiger partial charge in [0.2, 0.25) is 0 Å². The van der Waals surface area contributed by atoms with Crippen LogP contribution in [0.1, 0.15) is 12.8 Å². The van der Waals surface area contributed by atoms with E-state index < -0.39 is 6.17 Å². The van der Waals surface area contributed by atoms with Gasteiger partial charge in [-0.25, -0.2) is 9.97 Å². The number of nitrogens with zero attached hydrogens (tertiary/aromatic N) is 5. The minimum absolute atomic E-state index is 0.0558. The summed E-state index contributed by atoms with van der Waals surface area (Å²) in [6, 6.07) is 5.31. The molecule has 0 amide bonds. The van der Waals surface area contributed by atoms with Crippen LogP contribution in [0.3, 0.4) is 0 Å². The molecule has 11 heteroatoms. The Hall–Kier alpha value is -2.37. The largest absolute Gasteiger partial charge is 0.413 e. The fourth-order valence-corrected chi connectivity index (χ4v) is 5.74. The first-order valence-electron chi connectivity index (χ1n) is 10.6. The van der Waals surface area contributed by atoms with E-state index in [1.807, 2.05) is 0 Å². The minimum atomic E-state index is -3.10. The van der Waals surface area contributed by atoms with Crippen LogP contribution in [0.4, 0.5) is 31.8 Å². The number of anilines is 4. The standard InChI is InChI=1S/C21H27F2N7OS/c1-28-13-4-3-5-14(17(13)29(2)21(28,22)23)32-19-18(25)27-16(10-26-19)30-8-6-20(7-9-30)12-31-11-15(20)24/h3-5,10,15H,6-9,11-12,24H2,1-2H3,(H2,25,27). The van der Waals surface area contributed by atoms with Gasteiger partial charge in [-0.1, -0.05) is 17.8 Å². The lowest BCUT2D eigenvalue weighted by Crippen LogP contribution is -2.49. The van der Waals surface area contributed by atoms with Crippen molar-refractivity contribution in [2.45, 2.75) is 35.0 Å². The number of alkyl halides is 2. The average molecular weight is 464 g/mol. The maximum atomic E-state index is 14.5. The topological polar surface area (TPSA) is 96.8 Å². The zero-order valence-corrected chi connectivity index (χ0v) is 18.9. The van der Waals surface area contributed by atoms with Gasteiger partial charge < -0.3 is 21.1 Å². The highest BCUT2D eigenvalue weighted by atomic mass is 32.2. The van der Waals surface area contributed by atoms with Gasteiger partial charge in [0, 0.05) is 43.5 Å². The second kappa shape index (κ2) is 7.60. The van der Waals surface area contributed by atoms with E-state index in [0.29, 0.717) is 27.9 Å². The third-order valence-electron chi connectivity index (χ3n) is 7.00. The van der Waals surface area contributed by atoms with Crippen LogP contribution in [0.2, 0.25) is 0 Å². The monoisotopic (exact) mass is 463 g/mol. The molecule has 2 saturated heterocycles. The summed E-state index contributed by atoms with van der Waals surface area (Å²) in [6.07, 6.45) is 0.487. The van der Waals surface area contributed by atoms with Crippen molar-refractivity contribution in [1.82, 2.24) is 9.97 Å². The number of ether oxygens (including phenoxy) is 1. The van der Waals surface area contributed by atoms with Crippen molar-refractivity contribution in [3.63, 3.8) is 0 Å². The maximum absolute atomic E-state index is 14.5. The lowest BCUT2D eigenvalue weighted by Gasteiger charge is -2.41. The Morgan fingerprint density at radius 3 is 2.59 bits per heavy atom. The molecule has 0 bridgehead atoms. The van der Waals surface area contributed by atoms with E-state index in [2.05, 4.69) is 14.9 Å². The molecule has 3 aliphatic heterocycles. The van der Waals surface area contributed by atoms with Gasteiger partial charge in [-0.15, -0.1) is 0 Å². The van der Waals surface area contributed by atoms with Gasteiger partial charge in [-0.3, -0.25) is 9.80 Å². The van der Waals surface area contributed by atoms with Crippen molar-refractivity contribution in [1.29, 1.82) is 0 Å². The number of fused-ring (bicyclic) bond motifs is 1. The van der Waals surface area contributed by atoms with Crippen LogP contribution in [0.25, 0.3) is 0 Å². The molecule has 1 aromatic carbocycles. The maximum Gasteiger partial charge on any atom is 0.413 e. The average Bonchev–Trinajstić information content (AvgIpc) is 3.21. The van der Waals surface area contributed by atoms with Crippen LogP contribution in [0.15, 0.2) is 34.3 Å². The molecule has 32 heavy (non-hydrogen) atoms. The third kappa shape index (κ3) is 3.25. The Kier molecular flexibility index (Phi) is 5.10. The van der Waals surface area contributed by atoms with Crippen LogP contribution in [0.5, 0.6) is 0 Å². The lowest BCUT2D eigenvalue weighted by molar-refractivity contribution is 0.0120. The molecule has 1 atom stereocenters. The molecule has 1 spiro atoms. The number of rotatable bonds is 3. The molecule has 0 radical (unpaired) electrons. The van der Waals surface area contributed by atoms with E-state index in [-0.39, 0.29) is 17.3 Å². The molecule has 2 aromatic rings. The highest BCUT2D eigenvalue weighted by molar-refractivity contribution is 7.99. The fourth-order valence-electron chi connectivity index (χ4n) is 4.79. The van der Waals surface area contributed by atoms with Crippen LogP contribution < -0.4 is 26.2 Å².